The highest BCUT2D eigenvalue weighted by Crippen LogP contribution is 2.34. The molecule has 0 amide bonds. The number of halogens is 2. The fraction of sp³-hybridized carbons (Fsp3) is 0.118. The number of aromatic nitrogens is 1. The van der Waals surface area contributed by atoms with E-state index in [1.807, 2.05) is 25.1 Å². The average molecular weight is 301 g/mol. The monoisotopic (exact) mass is 301 g/mol. The van der Waals surface area contributed by atoms with Crippen molar-refractivity contribution in [3.63, 3.8) is 0 Å². The summed E-state index contributed by atoms with van der Waals surface area (Å²) in [6.07, 6.45) is 0. The van der Waals surface area contributed by atoms with Crippen LogP contribution in [0.3, 0.4) is 0 Å². The van der Waals surface area contributed by atoms with Crippen molar-refractivity contribution in [2.75, 3.05) is 0 Å². The quantitative estimate of drug-likeness (QED) is 0.792. The van der Waals surface area contributed by atoms with Crippen molar-refractivity contribution in [1.82, 2.24) is 5.16 Å². The van der Waals surface area contributed by atoms with E-state index in [-0.39, 0.29) is 16.8 Å². The van der Waals surface area contributed by atoms with Gasteiger partial charge in [0.25, 0.3) is 0 Å². The van der Waals surface area contributed by atoms with Gasteiger partial charge in [0, 0.05) is 5.56 Å². The molecule has 0 saturated heterocycles. The van der Waals surface area contributed by atoms with Gasteiger partial charge in [-0.2, -0.15) is 0 Å². The van der Waals surface area contributed by atoms with Gasteiger partial charge in [-0.3, -0.25) is 0 Å². The number of aliphatic hydroxyl groups is 1. The second kappa shape index (κ2) is 5.69. The van der Waals surface area contributed by atoms with E-state index < -0.39 is 18.2 Å². The Bertz CT molecular complexity index is 807. The number of aryl methyl sites for hydroxylation is 1. The molecule has 3 nitrogen and oxygen atoms in total. The molecule has 1 aromatic heterocycles. The van der Waals surface area contributed by atoms with Gasteiger partial charge in [0.1, 0.15) is 17.3 Å². The van der Waals surface area contributed by atoms with Crippen LogP contribution in [0.1, 0.15) is 11.1 Å². The fourth-order valence-corrected chi connectivity index (χ4v) is 2.39. The van der Waals surface area contributed by atoms with Crippen LogP contribution in [0.2, 0.25) is 0 Å². The van der Waals surface area contributed by atoms with Crippen LogP contribution in [0, 0.1) is 18.6 Å². The molecule has 0 spiro atoms. The molecule has 1 heterocycles. The summed E-state index contributed by atoms with van der Waals surface area (Å²) in [5, 5.41) is 13.4. The van der Waals surface area contributed by atoms with Gasteiger partial charge in [0.05, 0.1) is 17.7 Å². The first-order valence-corrected chi connectivity index (χ1v) is 6.72. The normalized spacial score (nSPS) is 10.9. The minimum absolute atomic E-state index is 0.0189. The van der Waals surface area contributed by atoms with Crippen LogP contribution in [0.25, 0.3) is 22.6 Å². The minimum Gasteiger partial charge on any atom is -0.391 e. The maximum Gasteiger partial charge on any atom is 0.173 e. The Balaban J connectivity index is 2.20. The highest BCUT2D eigenvalue weighted by molar-refractivity contribution is 5.73. The van der Waals surface area contributed by atoms with Crippen molar-refractivity contribution < 1.29 is 18.4 Å². The van der Waals surface area contributed by atoms with Gasteiger partial charge < -0.3 is 9.63 Å². The molecule has 0 aliphatic carbocycles. The van der Waals surface area contributed by atoms with Crippen molar-refractivity contribution in [2.45, 2.75) is 13.5 Å². The van der Waals surface area contributed by atoms with Gasteiger partial charge in [0.2, 0.25) is 0 Å². The summed E-state index contributed by atoms with van der Waals surface area (Å²) in [6.45, 7) is 1.48. The third kappa shape index (κ3) is 2.40. The zero-order valence-corrected chi connectivity index (χ0v) is 11.8. The van der Waals surface area contributed by atoms with E-state index in [0.29, 0.717) is 11.3 Å². The average Bonchev–Trinajstić information content (AvgIpc) is 2.90. The molecule has 0 unspecified atom stereocenters. The topological polar surface area (TPSA) is 46.3 Å². The highest BCUT2D eigenvalue weighted by atomic mass is 19.1. The highest BCUT2D eigenvalue weighted by Gasteiger charge is 2.23. The molecule has 3 rings (SSSR count). The van der Waals surface area contributed by atoms with Crippen LogP contribution < -0.4 is 0 Å². The van der Waals surface area contributed by atoms with Crippen molar-refractivity contribution in [3.8, 4) is 22.6 Å². The van der Waals surface area contributed by atoms with E-state index in [0.717, 1.165) is 17.7 Å². The predicted molar refractivity (Wildman–Crippen MR) is 78.0 cm³/mol. The van der Waals surface area contributed by atoms with Crippen molar-refractivity contribution >= 4 is 0 Å². The van der Waals surface area contributed by atoms with Crippen LogP contribution in [0.5, 0.6) is 0 Å². The zero-order chi connectivity index (χ0) is 15.7. The summed E-state index contributed by atoms with van der Waals surface area (Å²) < 4.78 is 33.1. The lowest BCUT2D eigenvalue weighted by atomic mass is 10.0. The molecule has 0 atom stereocenters. The molecule has 0 radical (unpaired) electrons. The Kier molecular flexibility index (Phi) is 3.73. The van der Waals surface area contributed by atoms with Crippen LogP contribution in [0.4, 0.5) is 8.78 Å². The van der Waals surface area contributed by atoms with E-state index in [1.165, 1.54) is 6.07 Å². The fourth-order valence-electron chi connectivity index (χ4n) is 2.39. The summed E-state index contributed by atoms with van der Waals surface area (Å²) >= 11 is 0. The molecular formula is C17H13F2NO2. The van der Waals surface area contributed by atoms with Gasteiger partial charge in [-0.15, -0.1) is 0 Å². The van der Waals surface area contributed by atoms with Crippen molar-refractivity contribution in [1.29, 1.82) is 0 Å². The number of hydrogen-bond donors (Lipinski definition) is 1. The third-order valence-corrected chi connectivity index (χ3v) is 3.43. The predicted octanol–water partition coefficient (Wildman–Crippen LogP) is 4.09. The van der Waals surface area contributed by atoms with Crippen LogP contribution in [-0.4, -0.2) is 10.3 Å². The Morgan fingerprint density at radius 1 is 1.09 bits per heavy atom. The maximum absolute atomic E-state index is 13.9. The van der Waals surface area contributed by atoms with E-state index >= 15 is 0 Å². The second-order valence-corrected chi connectivity index (χ2v) is 4.96. The molecule has 112 valence electrons. The number of nitrogens with zero attached hydrogens (tertiary/aromatic N) is 1. The summed E-state index contributed by atoms with van der Waals surface area (Å²) in [7, 11) is 0. The van der Waals surface area contributed by atoms with Gasteiger partial charge >= 0.3 is 0 Å². The van der Waals surface area contributed by atoms with Crippen molar-refractivity contribution in [2.24, 2.45) is 0 Å². The van der Waals surface area contributed by atoms with E-state index in [2.05, 4.69) is 5.16 Å². The first-order valence-electron chi connectivity index (χ1n) is 6.72. The van der Waals surface area contributed by atoms with Crippen LogP contribution in [-0.2, 0) is 6.61 Å². The second-order valence-electron chi connectivity index (χ2n) is 4.96. The molecular weight excluding hydrogens is 288 g/mol. The lowest BCUT2D eigenvalue weighted by Gasteiger charge is -2.04. The number of benzene rings is 2. The molecule has 22 heavy (non-hydrogen) atoms. The van der Waals surface area contributed by atoms with Crippen molar-refractivity contribution in [3.05, 3.63) is 65.2 Å². The summed E-state index contributed by atoms with van der Waals surface area (Å²) in [5.74, 6) is -1.19. The lowest BCUT2D eigenvalue weighted by Crippen LogP contribution is -1.95. The number of aliphatic hydroxyl groups excluding tert-OH is 1. The number of hydrogen-bond acceptors (Lipinski definition) is 3. The molecule has 3 aromatic rings. The summed E-state index contributed by atoms with van der Waals surface area (Å²) in [6, 6.07) is 10.9. The Morgan fingerprint density at radius 2 is 1.77 bits per heavy atom. The van der Waals surface area contributed by atoms with Crippen LogP contribution in [0.15, 0.2) is 47.0 Å². The maximum atomic E-state index is 13.9. The molecule has 0 saturated carbocycles. The number of rotatable bonds is 3. The van der Waals surface area contributed by atoms with Gasteiger partial charge in [-0.25, -0.2) is 8.78 Å². The smallest absolute Gasteiger partial charge is 0.173 e. The Morgan fingerprint density at radius 3 is 2.41 bits per heavy atom. The minimum atomic E-state index is -0.751. The SMILES string of the molecule is Cc1cccc(-c2onc(-c3c(F)cccc3F)c2CO)c1. The van der Waals surface area contributed by atoms with Crippen LogP contribution >= 0.6 is 0 Å². The van der Waals surface area contributed by atoms with E-state index in [4.69, 9.17) is 4.52 Å². The molecule has 0 bridgehead atoms. The lowest BCUT2D eigenvalue weighted by molar-refractivity contribution is 0.281. The molecule has 0 fully saturated rings. The van der Waals surface area contributed by atoms with E-state index in [1.54, 1.807) is 6.07 Å². The molecule has 5 heteroatoms. The molecule has 0 aliphatic heterocycles. The largest absolute Gasteiger partial charge is 0.391 e. The Hall–Kier alpha value is -2.53. The summed E-state index contributed by atoms with van der Waals surface area (Å²) in [5.41, 5.74) is 1.63. The standard InChI is InChI=1S/C17H13F2NO2/c1-10-4-2-5-11(8-10)17-12(9-21)16(20-22-17)15-13(18)6-3-7-14(15)19/h2-8,21H,9H2,1H3. The van der Waals surface area contributed by atoms with Gasteiger partial charge in [-0.05, 0) is 25.1 Å². The summed E-state index contributed by atoms with van der Waals surface area (Å²) in [4.78, 5) is 0. The first kappa shape index (κ1) is 14.4. The molecule has 2 aromatic carbocycles. The van der Waals surface area contributed by atoms with Gasteiger partial charge in [0.15, 0.2) is 5.76 Å². The first-order chi connectivity index (χ1) is 10.6. The van der Waals surface area contributed by atoms with E-state index in [9.17, 15) is 13.9 Å². The zero-order valence-electron chi connectivity index (χ0n) is 11.8. The third-order valence-electron chi connectivity index (χ3n) is 3.43. The molecule has 1 N–H and O–H groups in total. The van der Waals surface area contributed by atoms with Gasteiger partial charge in [-0.1, -0.05) is 35.0 Å². The Labute approximate surface area is 125 Å². The molecule has 0 aliphatic rings.